The van der Waals surface area contributed by atoms with Gasteiger partial charge < -0.3 is 25.1 Å². The maximum atomic E-state index is 13.5. The Kier molecular flexibility index (Phi) is 7.86. The summed E-state index contributed by atoms with van der Waals surface area (Å²) in [6.45, 7) is -0.509. The molecule has 0 aliphatic rings. The highest BCUT2D eigenvalue weighted by Crippen LogP contribution is 2.41. The Balaban J connectivity index is 1.89. The molecule has 0 bridgehead atoms. The second-order valence-electron chi connectivity index (χ2n) is 9.00. The van der Waals surface area contributed by atoms with Crippen molar-refractivity contribution >= 4 is 28.3 Å². The highest BCUT2D eigenvalue weighted by atomic mass is 19.1. The summed E-state index contributed by atoms with van der Waals surface area (Å²) < 4.78 is 19.4. The number of amides is 1. The zero-order valence-electron chi connectivity index (χ0n) is 20.8. The van der Waals surface area contributed by atoms with E-state index in [2.05, 4.69) is 5.32 Å². The molecule has 4 rings (SSSR count). The molecule has 0 spiro atoms. The topological polar surface area (TPSA) is 163 Å². The van der Waals surface area contributed by atoms with Gasteiger partial charge in [0.15, 0.2) is 5.78 Å². The molecule has 4 aromatic rings. The average Bonchev–Trinajstić information content (AvgIpc) is 3.33. The zero-order chi connectivity index (χ0) is 28.3. The number of Topliss-reactive ketones (excluding diaryl/α,β-unsaturated/α-hetero) is 1. The standard InChI is InChI=1S/C28H25FN2O8/c1-2-23(35)25-21-11-20(17-4-3-5-18(10-17)27(36)30-28(13-32,14-33)15-34)22(31(37)38)12-24(21)39-26(25)16-6-8-19(29)9-7-16/h3-12,32-34H,2,13-15H2,1H3,(H,30,36). The zero-order valence-corrected chi connectivity index (χ0v) is 20.8. The van der Waals surface area contributed by atoms with E-state index in [9.17, 15) is 39.4 Å². The van der Waals surface area contributed by atoms with E-state index in [1.54, 1.807) is 13.0 Å². The first kappa shape index (κ1) is 27.6. The number of aliphatic hydroxyl groups excluding tert-OH is 3. The van der Waals surface area contributed by atoms with Crippen LogP contribution in [-0.4, -0.2) is 57.3 Å². The summed E-state index contributed by atoms with van der Waals surface area (Å²) in [7, 11) is 0. The van der Waals surface area contributed by atoms with E-state index in [4.69, 9.17) is 4.42 Å². The van der Waals surface area contributed by atoms with Crippen molar-refractivity contribution in [2.45, 2.75) is 18.9 Å². The molecule has 3 aromatic carbocycles. The lowest BCUT2D eigenvalue weighted by Gasteiger charge is -2.28. The third kappa shape index (κ3) is 5.28. The van der Waals surface area contributed by atoms with Gasteiger partial charge in [0.2, 0.25) is 0 Å². The Hall–Kier alpha value is -4.45. The number of nitrogens with zero attached hydrogens (tertiary/aromatic N) is 1. The summed E-state index contributed by atoms with van der Waals surface area (Å²) in [5.41, 5.74) is -0.865. The van der Waals surface area contributed by atoms with Crippen LogP contribution in [0, 0.1) is 15.9 Å². The van der Waals surface area contributed by atoms with E-state index >= 15 is 0 Å². The first-order valence-electron chi connectivity index (χ1n) is 12.0. The number of hydrogen-bond donors (Lipinski definition) is 4. The predicted molar refractivity (Wildman–Crippen MR) is 140 cm³/mol. The molecular weight excluding hydrogens is 511 g/mol. The third-order valence-corrected chi connectivity index (χ3v) is 6.43. The van der Waals surface area contributed by atoms with Crippen molar-refractivity contribution in [3.05, 3.63) is 87.7 Å². The van der Waals surface area contributed by atoms with Crippen LogP contribution in [0.25, 0.3) is 33.4 Å². The molecule has 202 valence electrons. The number of furan rings is 1. The molecule has 0 radical (unpaired) electrons. The van der Waals surface area contributed by atoms with Crippen LogP contribution in [0.15, 0.2) is 65.1 Å². The molecular formula is C28H25FN2O8. The van der Waals surface area contributed by atoms with Crippen LogP contribution in [0.3, 0.4) is 0 Å². The van der Waals surface area contributed by atoms with Crippen LogP contribution < -0.4 is 5.32 Å². The molecule has 1 amide bonds. The Morgan fingerprint density at radius 1 is 1.00 bits per heavy atom. The number of fused-ring (bicyclic) bond motifs is 1. The second kappa shape index (κ2) is 11.1. The first-order chi connectivity index (χ1) is 18.7. The van der Waals surface area contributed by atoms with Crippen molar-refractivity contribution in [1.82, 2.24) is 5.32 Å². The van der Waals surface area contributed by atoms with Gasteiger partial charge >= 0.3 is 0 Å². The number of ketones is 1. The van der Waals surface area contributed by atoms with Gasteiger partial charge in [0.25, 0.3) is 11.6 Å². The number of carbonyl (C=O) groups excluding carboxylic acids is 2. The summed E-state index contributed by atoms with van der Waals surface area (Å²) in [6.07, 6.45) is 0.118. The molecule has 4 N–H and O–H groups in total. The monoisotopic (exact) mass is 536 g/mol. The molecule has 11 heteroatoms. The van der Waals surface area contributed by atoms with Crippen LogP contribution >= 0.6 is 0 Å². The Bertz CT molecular complexity index is 1550. The average molecular weight is 537 g/mol. The van der Waals surface area contributed by atoms with Gasteiger partial charge in [0, 0.05) is 22.9 Å². The first-order valence-corrected chi connectivity index (χ1v) is 12.0. The molecule has 1 heterocycles. The molecule has 0 saturated heterocycles. The van der Waals surface area contributed by atoms with E-state index < -0.39 is 42.0 Å². The highest BCUT2D eigenvalue weighted by Gasteiger charge is 2.31. The number of nitro benzene ring substituents is 1. The van der Waals surface area contributed by atoms with Crippen molar-refractivity contribution in [2.24, 2.45) is 0 Å². The Morgan fingerprint density at radius 3 is 2.26 bits per heavy atom. The van der Waals surface area contributed by atoms with Gasteiger partial charge in [-0.25, -0.2) is 4.39 Å². The Labute approximate surface area is 221 Å². The van der Waals surface area contributed by atoms with Crippen LogP contribution in [-0.2, 0) is 0 Å². The lowest BCUT2D eigenvalue weighted by molar-refractivity contribution is -0.384. The molecule has 0 aliphatic carbocycles. The predicted octanol–water partition coefficient (Wildman–Crippen LogP) is 3.85. The van der Waals surface area contributed by atoms with E-state index in [1.165, 1.54) is 54.6 Å². The number of nitrogens with one attached hydrogen (secondary N) is 1. The fourth-order valence-electron chi connectivity index (χ4n) is 4.18. The van der Waals surface area contributed by atoms with Gasteiger partial charge in [-0.3, -0.25) is 19.7 Å². The minimum Gasteiger partial charge on any atom is -0.455 e. The van der Waals surface area contributed by atoms with Gasteiger partial charge in [0.1, 0.15) is 22.7 Å². The number of hydrogen-bond acceptors (Lipinski definition) is 8. The summed E-state index contributed by atoms with van der Waals surface area (Å²) in [5.74, 6) is -1.34. The fraction of sp³-hybridized carbons (Fsp3) is 0.214. The summed E-state index contributed by atoms with van der Waals surface area (Å²) in [4.78, 5) is 37.3. The summed E-state index contributed by atoms with van der Waals surface area (Å²) >= 11 is 0. The van der Waals surface area contributed by atoms with Gasteiger partial charge in [-0.05, 0) is 48.0 Å². The largest absolute Gasteiger partial charge is 0.455 e. The molecule has 0 unspecified atom stereocenters. The number of nitro groups is 1. The minimum atomic E-state index is -1.67. The lowest BCUT2D eigenvalue weighted by atomic mass is 9.95. The molecule has 39 heavy (non-hydrogen) atoms. The van der Waals surface area contributed by atoms with Crippen LogP contribution in [0.5, 0.6) is 0 Å². The van der Waals surface area contributed by atoms with E-state index in [0.717, 1.165) is 0 Å². The van der Waals surface area contributed by atoms with Gasteiger partial charge in [-0.15, -0.1) is 0 Å². The molecule has 0 atom stereocenters. The van der Waals surface area contributed by atoms with Crippen LogP contribution in [0.2, 0.25) is 0 Å². The van der Waals surface area contributed by atoms with Gasteiger partial charge in [-0.1, -0.05) is 19.1 Å². The van der Waals surface area contributed by atoms with Crippen molar-refractivity contribution in [3.8, 4) is 22.5 Å². The highest BCUT2D eigenvalue weighted by molar-refractivity contribution is 6.13. The van der Waals surface area contributed by atoms with E-state index in [1.807, 2.05) is 0 Å². The summed E-state index contributed by atoms with van der Waals surface area (Å²) in [5, 5.41) is 43.3. The lowest BCUT2D eigenvalue weighted by Crippen LogP contribution is -2.57. The molecule has 10 nitrogen and oxygen atoms in total. The number of halogens is 1. The fourth-order valence-corrected chi connectivity index (χ4v) is 4.18. The molecule has 0 saturated carbocycles. The number of benzene rings is 3. The molecule has 0 fully saturated rings. The van der Waals surface area contributed by atoms with Crippen molar-refractivity contribution in [1.29, 1.82) is 0 Å². The maximum absolute atomic E-state index is 13.5. The number of carbonyl (C=O) groups is 2. The van der Waals surface area contributed by atoms with Crippen molar-refractivity contribution < 1.29 is 38.6 Å². The number of rotatable bonds is 10. The third-order valence-electron chi connectivity index (χ3n) is 6.43. The second-order valence-corrected chi connectivity index (χ2v) is 9.00. The van der Waals surface area contributed by atoms with Gasteiger partial charge in [-0.2, -0.15) is 0 Å². The number of aliphatic hydroxyl groups is 3. The summed E-state index contributed by atoms with van der Waals surface area (Å²) in [6, 6.07) is 13.8. The minimum absolute atomic E-state index is 0.0469. The maximum Gasteiger partial charge on any atom is 0.280 e. The van der Waals surface area contributed by atoms with E-state index in [0.29, 0.717) is 10.9 Å². The van der Waals surface area contributed by atoms with Crippen molar-refractivity contribution in [2.75, 3.05) is 19.8 Å². The van der Waals surface area contributed by atoms with E-state index in [-0.39, 0.29) is 51.5 Å². The smallest absolute Gasteiger partial charge is 0.280 e. The molecule has 0 aliphatic heterocycles. The SMILES string of the molecule is CCC(=O)c1c(-c2ccc(F)cc2)oc2cc([N+](=O)[O-])c(-c3cccc(C(=O)NC(CO)(CO)CO)c3)cc12. The van der Waals surface area contributed by atoms with Gasteiger partial charge in [0.05, 0.1) is 41.9 Å². The Morgan fingerprint density at radius 2 is 1.67 bits per heavy atom. The quantitative estimate of drug-likeness (QED) is 0.135. The van der Waals surface area contributed by atoms with Crippen LogP contribution in [0.4, 0.5) is 10.1 Å². The molecule has 1 aromatic heterocycles. The van der Waals surface area contributed by atoms with Crippen LogP contribution in [0.1, 0.15) is 34.1 Å². The van der Waals surface area contributed by atoms with Crippen molar-refractivity contribution in [3.63, 3.8) is 0 Å². The normalized spacial score (nSPS) is 11.5.